The largest absolute Gasteiger partial charge is 0.492 e. The van der Waals surface area contributed by atoms with E-state index in [-0.39, 0.29) is 5.56 Å². The number of hydrogen-bond donors (Lipinski definition) is 0. The first kappa shape index (κ1) is 19.6. The number of pyridine rings is 2. The van der Waals surface area contributed by atoms with Crippen molar-refractivity contribution in [1.29, 1.82) is 0 Å². The van der Waals surface area contributed by atoms with Crippen LogP contribution in [0.25, 0.3) is 0 Å². The number of nitrogens with zero attached hydrogens (tertiary/aromatic N) is 3. The molecule has 0 unspecified atom stereocenters. The fraction of sp³-hybridized carbons (Fsp3) is 0.500. The number of carbonyl (C=O) groups is 1. The summed E-state index contributed by atoms with van der Waals surface area (Å²) in [5.41, 5.74) is 1.86. The van der Waals surface area contributed by atoms with Crippen LogP contribution in [0.15, 0.2) is 35.3 Å². The zero-order valence-corrected chi connectivity index (χ0v) is 16.8. The topological polar surface area (TPSA) is 73.7 Å². The van der Waals surface area contributed by atoms with E-state index in [4.69, 9.17) is 9.47 Å². The molecular formula is C22H27N3O4. The highest BCUT2D eigenvalue weighted by Gasteiger charge is 2.29. The maximum absolute atomic E-state index is 12.8. The van der Waals surface area contributed by atoms with E-state index < -0.39 is 5.97 Å². The lowest BCUT2D eigenvalue weighted by atomic mass is 10.1. The molecule has 0 bridgehead atoms. The van der Waals surface area contributed by atoms with Crippen LogP contribution in [-0.2, 0) is 24.1 Å². The number of hydrogen-bond acceptors (Lipinski definition) is 6. The van der Waals surface area contributed by atoms with Crippen molar-refractivity contribution in [3.8, 4) is 5.75 Å². The van der Waals surface area contributed by atoms with Gasteiger partial charge in [-0.2, -0.15) is 0 Å². The lowest BCUT2D eigenvalue weighted by Crippen LogP contribution is -2.30. The second-order valence-corrected chi connectivity index (χ2v) is 7.73. The first-order chi connectivity index (χ1) is 14.2. The lowest BCUT2D eigenvalue weighted by Gasteiger charge is -2.18. The Labute approximate surface area is 170 Å². The van der Waals surface area contributed by atoms with E-state index in [2.05, 4.69) is 9.88 Å². The minimum atomic E-state index is -0.461. The van der Waals surface area contributed by atoms with Gasteiger partial charge in [0.15, 0.2) is 0 Å². The van der Waals surface area contributed by atoms with Crippen molar-refractivity contribution in [2.24, 2.45) is 5.92 Å². The van der Waals surface area contributed by atoms with Crippen molar-refractivity contribution in [3.63, 3.8) is 0 Å². The summed E-state index contributed by atoms with van der Waals surface area (Å²) in [4.78, 5) is 32.0. The molecule has 7 heteroatoms. The van der Waals surface area contributed by atoms with Crippen LogP contribution in [0.5, 0.6) is 5.75 Å². The number of ether oxygens (including phenoxy) is 2. The average molecular weight is 397 g/mol. The van der Waals surface area contributed by atoms with Gasteiger partial charge in [-0.05, 0) is 30.9 Å². The first-order valence-corrected chi connectivity index (χ1v) is 10.3. The third kappa shape index (κ3) is 4.67. The molecular weight excluding hydrogens is 370 g/mol. The van der Waals surface area contributed by atoms with Crippen LogP contribution >= 0.6 is 0 Å². The second-order valence-electron chi connectivity index (χ2n) is 7.73. The van der Waals surface area contributed by atoms with Crippen LogP contribution in [0.2, 0.25) is 0 Å². The highest BCUT2D eigenvalue weighted by atomic mass is 16.5. The molecule has 0 radical (unpaired) electrons. The smallest absolute Gasteiger partial charge is 0.343 e. The molecule has 0 aromatic carbocycles. The highest BCUT2D eigenvalue weighted by Crippen LogP contribution is 2.30. The number of fused-ring (bicyclic) bond motifs is 1. The van der Waals surface area contributed by atoms with Gasteiger partial charge in [0.25, 0.3) is 5.56 Å². The van der Waals surface area contributed by atoms with Crippen molar-refractivity contribution in [2.75, 3.05) is 33.4 Å². The molecule has 154 valence electrons. The summed E-state index contributed by atoms with van der Waals surface area (Å²) in [7, 11) is 1.36. The number of esters is 1. The summed E-state index contributed by atoms with van der Waals surface area (Å²) >= 11 is 0. The van der Waals surface area contributed by atoms with Gasteiger partial charge in [-0.3, -0.25) is 9.78 Å². The Balaban J connectivity index is 1.57. The molecule has 0 spiro atoms. The van der Waals surface area contributed by atoms with E-state index >= 15 is 0 Å². The number of carbonyl (C=O) groups excluding carboxylic acids is 1. The van der Waals surface area contributed by atoms with Crippen LogP contribution in [0.1, 0.15) is 34.6 Å². The normalized spacial score (nSPS) is 16.7. The Morgan fingerprint density at radius 2 is 2.10 bits per heavy atom. The van der Waals surface area contributed by atoms with Gasteiger partial charge in [-0.1, -0.05) is 6.07 Å². The molecule has 2 aromatic heterocycles. The zero-order chi connectivity index (χ0) is 20.2. The maximum Gasteiger partial charge on any atom is 0.343 e. The fourth-order valence-electron chi connectivity index (χ4n) is 3.89. The number of methoxy groups -OCH3 is 1. The Bertz CT molecular complexity index is 922. The molecule has 1 aliphatic carbocycles. The summed E-state index contributed by atoms with van der Waals surface area (Å²) in [5, 5.41) is 0. The first-order valence-electron chi connectivity index (χ1n) is 10.3. The molecule has 2 aliphatic rings. The van der Waals surface area contributed by atoms with Gasteiger partial charge in [0.05, 0.1) is 13.7 Å². The Hall–Kier alpha value is -2.67. The van der Waals surface area contributed by atoms with Crippen molar-refractivity contribution >= 4 is 5.97 Å². The second kappa shape index (κ2) is 8.78. The minimum Gasteiger partial charge on any atom is -0.492 e. The molecule has 7 nitrogen and oxygen atoms in total. The van der Waals surface area contributed by atoms with Crippen molar-refractivity contribution < 1.29 is 14.3 Å². The van der Waals surface area contributed by atoms with Gasteiger partial charge in [0.2, 0.25) is 0 Å². The zero-order valence-electron chi connectivity index (χ0n) is 16.8. The van der Waals surface area contributed by atoms with Crippen LogP contribution in [0.4, 0.5) is 0 Å². The van der Waals surface area contributed by atoms with Crippen molar-refractivity contribution in [2.45, 2.75) is 32.2 Å². The van der Waals surface area contributed by atoms with E-state index in [1.807, 2.05) is 18.2 Å². The molecule has 1 fully saturated rings. The summed E-state index contributed by atoms with van der Waals surface area (Å²) in [6.45, 7) is 3.64. The van der Waals surface area contributed by atoms with Crippen LogP contribution in [-0.4, -0.2) is 53.8 Å². The van der Waals surface area contributed by atoms with Crippen LogP contribution in [0.3, 0.4) is 0 Å². The molecule has 1 aliphatic heterocycles. The predicted molar refractivity (Wildman–Crippen MR) is 108 cm³/mol. The molecule has 1 saturated carbocycles. The van der Waals surface area contributed by atoms with Gasteiger partial charge >= 0.3 is 5.97 Å². The predicted octanol–water partition coefficient (Wildman–Crippen LogP) is 1.92. The fourth-order valence-corrected chi connectivity index (χ4v) is 3.89. The Morgan fingerprint density at radius 3 is 2.83 bits per heavy atom. The van der Waals surface area contributed by atoms with Gasteiger partial charge in [0.1, 0.15) is 11.3 Å². The SMILES string of the molecule is COC(=O)c1c(OCCc2ccccn2)cc(=O)n2c1CCN(CC1CC1)CC2. The third-order valence-corrected chi connectivity index (χ3v) is 5.63. The molecule has 2 aromatic rings. The maximum atomic E-state index is 12.8. The number of rotatable bonds is 7. The van der Waals surface area contributed by atoms with Crippen molar-refractivity contribution in [1.82, 2.24) is 14.5 Å². The molecule has 3 heterocycles. The average Bonchev–Trinajstić information content (AvgIpc) is 3.57. The highest BCUT2D eigenvalue weighted by molar-refractivity contribution is 5.93. The monoisotopic (exact) mass is 397 g/mol. The van der Waals surface area contributed by atoms with Gasteiger partial charge in [-0.15, -0.1) is 0 Å². The van der Waals surface area contributed by atoms with Gasteiger partial charge < -0.3 is 18.9 Å². The molecule has 0 atom stereocenters. The van der Waals surface area contributed by atoms with E-state index in [1.54, 1.807) is 10.8 Å². The van der Waals surface area contributed by atoms with Gasteiger partial charge in [-0.25, -0.2) is 4.79 Å². The minimum absolute atomic E-state index is 0.131. The number of aromatic nitrogens is 2. The van der Waals surface area contributed by atoms with E-state index in [1.165, 1.54) is 26.0 Å². The molecule has 0 saturated heterocycles. The molecule has 0 N–H and O–H groups in total. The quantitative estimate of drug-likeness (QED) is 0.665. The molecule has 4 rings (SSSR count). The summed E-state index contributed by atoms with van der Waals surface area (Å²) in [5.74, 6) is 0.635. The van der Waals surface area contributed by atoms with Crippen molar-refractivity contribution in [3.05, 3.63) is 57.8 Å². The molecule has 29 heavy (non-hydrogen) atoms. The van der Waals surface area contributed by atoms with Crippen LogP contribution < -0.4 is 10.3 Å². The molecule has 0 amide bonds. The van der Waals surface area contributed by atoms with Crippen LogP contribution in [0, 0.1) is 5.92 Å². The summed E-state index contributed by atoms with van der Waals surface area (Å²) in [6.07, 6.45) is 5.55. The standard InChI is InChI=1S/C22H27N3O4/c1-28-22(27)21-18-7-10-24(15-16-5-6-16)11-12-25(18)20(26)14-19(21)29-13-8-17-4-2-3-9-23-17/h2-4,9,14,16H,5-8,10-13,15H2,1H3. The Kier molecular flexibility index (Phi) is 5.94. The Morgan fingerprint density at radius 1 is 1.24 bits per heavy atom. The van der Waals surface area contributed by atoms with Gasteiger partial charge in [0, 0.05) is 62.7 Å². The lowest BCUT2D eigenvalue weighted by molar-refractivity contribution is 0.0593. The van der Waals surface area contributed by atoms with E-state index in [0.29, 0.717) is 37.3 Å². The summed E-state index contributed by atoms with van der Waals surface area (Å²) in [6, 6.07) is 7.12. The third-order valence-electron chi connectivity index (χ3n) is 5.63. The van der Waals surface area contributed by atoms with E-state index in [0.717, 1.165) is 36.9 Å². The summed E-state index contributed by atoms with van der Waals surface area (Å²) < 4.78 is 12.6. The van der Waals surface area contributed by atoms with E-state index in [9.17, 15) is 9.59 Å².